The first-order chi connectivity index (χ1) is 14.1. The number of benzene rings is 2. The van der Waals surface area contributed by atoms with E-state index in [2.05, 4.69) is 15.5 Å². The lowest BCUT2D eigenvalue weighted by molar-refractivity contribution is -0.121. The van der Waals surface area contributed by atoms with Gasteiger partial charge in [-0.1, -0.05) is 41.9 Å². The number of rotatable bonds is 8. The number of aryl methyl sites for hydroxylation is 1. The van der Waals surface area contributed by atoms with E-state index in [0.717, 1.165) is 22.4 Å². The lowest BCUT2D eigenvalue weighted by atomic mass is 10.0. The minimum atomic E-state index is -0.168. The van der Waals surface area contributed by atoms with Crippen molar-refractivity contribution in [2.75, 3.05) is 6.61 Å². The minimum Gasteiger partial charge on any atom is -0.493 e. The number of amides is 1. The maximum Gasteiger partial charge on any atom is 0.240 e. The number of hydrazone groups is 1. The fourth-order valence-corrected chi connectivity index (χ4v) is 2.99. The van der Waals surface area contributed by atoms with Crippen LogP contribution in [0.1, 0.15) is 29.5 Å². The maximum absolute atomic E-state index is 12.2. The Labute approximate surface area is 175 Å². The Kier molecular flexibility index (Phi) is 7.36. The molecule has 0 aliphatic rings. The number of pyridine rings is 1. The average Bonchev–Trinajstić information content (AvgIpc) is 2.74. The molecular weight excluding hydrogens is 386 g/mol. The van der Waals surface area contributed by atoms with Crippen molar-refractivity contribution in [2.24, 2.45) is 5.10 Å². The normalized spacial score (nSPS) is 11.2. The maximum atomic E-state index is 12.2. The highest BCUT2D eigenvalue weighted by atomic mass is 35.5. The van der Waals surface area contributed by atoms with Crippen LogP contribution in [-0.4, -0.2) is 23.2 Å². The molecule has 0 aliphatic carbocycles. The van der Waals surface area contributed by atoms with Crippen LogP contribution in [0.3, 0.4) is 0 Å². The first-order valence-electron chi connectivity index (χ1n) is 9.35. The summed E-state index contributed by atoms with van der Waals surface area (Å²) in [6, 6.07) is 18.9. The van der Waals surface area contributed by atoms with E-state index in [1.807, 2.05) is 61.5 Å². The Bertz CT molecular complexity index is 934. The zero-order valence-electron chi connectivity index (χ0n) is 16.1. The summed E-state index contributed by atoms with van der Waals surface area (Å²) in [5.41, 5.74) is 6.02. The summed E-state index contributed by atoms with van der Waals surface area (Å²) < 4.78 is 5.72. The van der Waals surface area contributed by atoms with Gasteiger partial charge in [0.25, 0.3) is 0 Å². The molecular formula is C23H22ClN3O2. The van der Waals surface area contributed by atoms with Crippen molar-refractivity contribution in [3.8, 4) is 5.75 Å². The van der Waals surface area contributed by atoms with Crippen molar-refractivity contribution in [1.29, 1.82) is 0 Å². The molecule has 0 saturated carbocycles. The molecule has 3 aromatic rings. The minimum absolute atomic E-state index is 0.168. The number of nitrogens with zero attached hydrogens (tertiary/aromatic N) is 2. The summed E-state index contributed by atoms with van der Waals surface area (Å²) in [6.45, 7) is 2.37. The van der Waals surface area contributed by atoms with Gasteiger partial charge in [0.15, 0.2) is 0 Å². The molecule has 1 amide bonds. The second-order valence-corrected chi connectivity index (χ2v) is 6.90. The molecule has 5 nitrogen and oxygen atoms in total. The number of halogens is 1. The van der Waals surface area contributed by atoms with Gasteiger partial charge in [-0.25, -0.2) is 5.43 Å². The molecule has 1 aromatic heterocycles. The largest absolute Gasteiger partial charge is 0.493 e. The Morgan fingerprint density at radius 3 is 2.62 bits per heavy atom. The van der Waals surface area contributed by atoms with Crippen LogP contribution in [-0.2, 0) is 4.79 Å². The van der Waals surface area contributed by atoms with Crippen LogP contribution in [0, 0.1) is 6.92 Å². The summed E-state index contributed by atoms with van der Waals surface area (Å²) in [7, 11) is 0. The van der Waals surface area contributed by atoms with Crippen LogP contribution in [0.2, 0.25) is 5.02 Å². The van der Waals surface area contributed by atoms with Crippen LogP contribution in [0.15, 0.2) is 78.2 Å². The Balaban J connectivity index is 1.56. The molecule has 0 spiro atoms. The van der Waals surface area contributed by atoms with Gasteiger partial charge >= 0.3 is 0 Å². The summed E-state index contributed by atoms with van der Waals surface area (Å²) in [6.07, 6.45) is 4.32. The van der Waals surface area contributed by atoms with Gasteiger partial charge < -0.3 is 4.74 Å². The number of carbonyl (C=O) groups excluding carboxylic acids is 1. The standard InChI is InChI=1S/C23H22ClN3O2/c1-17-15-20(24)11-12-21(17)29-14-6-10-22(28)26-27-23(18-7-3-2-4-8-18)19-9-5-13-25-16-19/h2-5,7-9,11-13,15-16H,6,10,14H2,1H3,(H,26,28)/b27-23+. The number of carbonyl (C=O) groups is 1. The van der Waals surface area contributed by atoms with Crippen molar-refractivity contribution < 1.29 is 9.53 Å². The Morgan fingerprint density at radius 1 is 1.10 bits per heavy atom. The molecule has 1 N–H and O–H groups in total. The van der Waals surface area contributed by atoms with Crippen LogP contribution in [0.5, 0.6) is 5.75 Å². The van der Waals surface area contributed by atoms with E-state index < -0.39 is 0 Å². The van der Waals surface area contributed by atoms with Crippen molar-refractivity contribution >= 4 is 23.2 Å². The third kappa shape index (κ3) is 6.16. The van der Waals surface area contributed by atoms with Crippen LogP contribution in [0.4, 0.5) is 0 Å². The van der Waals surface area contributed by atoms with E-state index in [0.29, 0.717) is 30.2 Å². The quantitative estimate of drug-likeness (QED) is 0.332. The highest BCUT2D eigenvalue weighted by molar-refractivity contribution is 6.30. The van der Waals surface area contributed by atoms with Crippen molar-refractivity contribution in [3.63, 3.8) is 0 Å². The fourth-order valence-electron chi connectivity index (χ4n) is 2.76. The van der Waals surface area contributed by atoms with Crippen molar-refractivity contribution in [2.45, 2.75) is 19.8 Å². The zero-order valence-corrected chi connectivity index (χ0v) is 16.9. The van der Waals surface area contributed by atoms with Crippen LogP contribution in [0.25, 0.3) is 0 Å². The smallest absolute Gasteiger partial charge is 0.240 e. The summed E-state index contributed by atoms with van der Waals surface area (Å²) in [4.78, 5) is 16.4. The molecule has 0 aliphatic heterocycles. The molecule has 0 unspecified atom stereocenters. The topological polar surface area (TPSA) is 63.6 Å². The molecule has 29 heavy (non-hydrogen) atoms. The van der Waals surface area contributed by atoms with Gasteiger partial charge in [0.05, 0.1) is 12.3 Å². The molecule has 3 rings (SSSR count). The average molecular weight is 408 g/mol. The highest BCUT2D eigenvalue weighted by Crippen LogP contribution is 2.21. The van der Waals surface area contributed by atoms with Gasteiger partial charge in [-0.05, 0) is 49.2 Å². The first kappa shape index (κ1) is 20.6. The van der Waals surface area contributed by atoms with Crippen molar-refractivity contribution in [3.05, 3.63) is 94.8 Å². The van der Waals surface area contributed by atoms with E-state index in [9.17, 15) is 4.79 Å². The Hall–Kier alpha value is -3.18. The van der Waals surface area contributed by atoms with Crippen molar-refractivity contribution in [1.82, 2.24) is 10.4 Å². The predicted molar refractivity (Wildman–Crippen MR) is 115 cm³/mol. The van der Waals surface area contributed by atoms with Crippen LogP contribution < -0.4 is 10.2 Å². The molecule has 0 saturated heterocycles. The third-order valence-corrected chi connectivity index (χ3v) is 4.45. The molecule has 148 valence electrons. The van der Waals surface area contributed by atoms with Gasteiger partial charge in [-0.15, -0.1) is 0 Å². The molecule has 0 fully saturated rings. The summed E-state index contributed by atoms with van der Waals surface area (Å²) >= 11 is 5.94. The number of aromatic nitrogens is 1. The van der Waals surface area contributed by atoms with E-state index >= 15 is 0 Å². The zero-order chi connectivity index (χ0) is 20.5. The molecule has 1 heterocycles. The number of hydrogen-bond acceptors (Lipinski definition) is 4. The molecule has 6 heteroatoms. The second-order valence-electron chi connectivity index (χ2n) is 6.46. The van der Waals surface area contributed by atoms with E-state index in [4.69, 9.17) is 16.3 Å². The van der Waals surface area contributed by atoms with Gasteiger partial charge in [-0.2, -0.15) is 5.10 Å². The molecule has 0 atom stereocenters. The summed E-state index contributed by atoms with van der Waals surface area (Å²) in [5.74, 6) is 0.606. The highest BCUT2D eigenvalue weighted by Gasteiger charge is 2.08. The van der Waals surface area contributed by atoms with Gasteiger partial charge in [0, 0.05) is 35.0 Å². The first-order valence-corrected chi connectivity index (χ1v) is 9.72. The third-order valence-electron chi connectivity index (χ3n) is 4.22. The monoisotopic (exact) mass is 407 g/mol. The number of nitrogens with one attached hydrogen (secondary N) is 1. The lowest BCUT2D eigenvalue weighted by Gasteiger charge is -2.09. The van der Waals surface area contributed by atoms with Gasteiger partial charge in [-0.3, -0.25) is 9.78 Å². The summed E-state index contributed by atoms with van der Waals surface area (Å²) in [5, 5.41) is 5.02. The van der Waals surface area contributed by atoms with E-state index in [1.165, 1.54) is 0 Å². The molecule has 2 aromatic carbocycles. The van der Waals surface area contributed by atoms with Crippen LogP contribution >= 0.6 is 11.6 Å². The van der Waals surface area contributed by atoms with Gasteiger partial charge in [0.1, 0.15) is 5.75 Å². The molecule has 0 bridgehead atoms. The van der Waals surface area contributed by atoms with Gasteiger partial charge in [0.2, 0.25) is 5.91 Å². The Morgan fingerprint density at radius 2 is 1.90 bits per heavy atom. The predicted octanol–water partition coefficient (Wildman–Crippen LogP) is 4.77. The SMILES string of the molecule is Cc1cc(Cl)ccc1OCCCC(=O)N/N=C(\c1ccccc1)c1cccnc1. The number of ether oxygens (including phenoxy) is 1. The number of hydrogen-bond donors (Lipinski definition) is 1. The lowest BCUT2D eigenvalue weighted by Crippen LogP contribution is -2.21. The van der Waals surface area contributed by atoms with E-state index in [1.54, 1.807) is 18.5 Å². The second kappa shape index (κ2) is 10.4. The fraction of sp³-hybridized carbons (Fsp3) is 0.174. The molecule has 0 radical (unpaired) electrons. The van der Waals surface area contributed by atoms with E-state index in [-0.39, 0.29) is 5.91 Å².